The number of ketones is 1. The minimum absolute atomic E-state index is 0.0260. The lowest BCUT2D eigenvalue weighted by Gasteiger charge is -2.08. The smallest absolute Gasteiger partial charge is 0.292 e. The molecule has 5 heteroatoms. The van der Waals surface area contributed by atoms with Gasteiger partial charge in [0.1, 0.15) is 5.75 Å². The van der Waals surface area contributed by atoms with E-state index in [1.807, 2.05) is 0 Å². The minimum atomic E-state index is -0.680. The van der Waals surface area contributed by atoms with Crippen LogP contribution in [0, 0.1) is 0 Å². The van der Waals surface area contributed by atoms with Crippen LogP contribution < -0.4 is 10.1 Å². The summed E-state index contributed by atoms with van der Waals surface area (Å²) in [5, 5.41) is 2.54. The van der Waals surface area contributed by atoms with Gasteiger partial charge in [-0.3, -0.25) is 14.6 Å². The van der Waals surface area contributed by atoms with E-state index >= 15 is 0 Å². The number of methoxy groups -OCH3 is 1. The lowest BCUT2D eigenvalue weighted by molar-refractivity contribution is -0.134. The van der Waals surface area contributed by atoms with Gasteiger partial charge in [-0.25, -0.2) is 0 Å². The average Bonchev–Trinajstić information content (AvgIpc) is 2.48. The second kappa shape index (κ2) is 6.47. The lowest BCUT2D eigenvalue weighted by atomic mass is 10.2. The van der Waals surface area contributed by atoms with Crippen molar-refractivity contribution in [2.45, 2.75) is 6.42 Å². The molecule has 0 saturated heterocycles. The van der Waals surface area contributed by atoms with Crippen LogP contribution in [-0.2, 0) is 16.0 Å². The molecule has 1 amide bonds. The van der Waals surface area contributed by atoms with Crippen molar-refractivity contribution >= 4 is 17.4 Å². The van der Waals surface area contributed by atoms with Crippen molar-refractivity contribution in [1.82, 2.24) is 4.98 Å². The minimum Gasteiger partial charge on any atom is -0.495 e. The second-order valence-corrected chi connectivity index (χ2v) is 4.08. The van der Waals surface area contributed by atoms with Crippen molar-refractivity contribution in [3.8, 4) is 5.75 Å². The number of carbonyl (C=O) groups excluding carboxylic acids is 2. The number of amides is 1. The molecule has 0 atom stereocenters. The summed E-state index contributed by atoms with van der Waals surface area (Å²) in [6, 6.07) is 12.1. The highest BCUT2D eigenvalue weighted by Crippen LogP contribution is 2.22. The van der Waals surface area contributed by atoms with E-state index in [0.29, 0.717) is 17.1 Å². The van der Waals surface area contributed by atoms with E-state index in [9.17, 15) is 9.59 Å². The largest absolute Gasteiger partial charge is 0.495 e. The van der Waals surface area contributed by atoms with Gasteiger partial charge in [0.25, 0.3) is 5.91 Å². The first kappa shape index (κ1) is 13.7. The van der Waals surface area contributed by atoms with E-state index in [0.717, 1.165) is 0 Å². The van der Waals surface area contributed by atoms with Crippen molar-refractivity contribution < 1.29 is 14.3 Å². The number of aromatic nitrogens is 1. The number of hydrogen-bond donors (Lipinski definition) is 1. The van der Waals surface area contributed by atoms with Gasteiger partial charge in [-0.2, -0.15) is 0 Å². The second-order valence-electron chi connectivity index (χ2n) is 4.08. The standard InChI is InChI=1S/C15H14N2O3/c1-20-14-8-3-2-7-12(14)17-15(19)13(18)10-11-6-4-5-9-16-11/h2-9H,10H2,1H3,(H,17,19). The first-order valence-electron chi connectivity index (χ1n) is 6.08. The fourth-order valence-corrected chi connectivity index (χ4v) is 1.69. The molecule has 1 N–H and O–H groups in total. The van der Waals surface area contributed by atoms with E-state index in [-0.39, 0.29) is 6.42 Å². The van der Waals surface area contributed by atoms with Gasteiger partial charge in [0.05, 0.1) is 19.2 Å². The number of Topliss-reactive ketones (excluding diaryl/α,β-unsaturated/α-hetero) is 1. The molecule has 2 aromatic rings. The maximum Gasteiger partial charge on any atom is 0.292 e. The van der Waals surface area contributed by atoms with Crippen LogP contribution in [0.2, 0.25) is 0 Å². The Hall–Kier alpha value is -2.69. The highest BCUT2D eigenvalue weighted by Gasteiger charge is 2.16. The molecule has 0 spiro atoms. The maximum atomic E-state index is 11.8. The van der Waals surface area contributed by atoms with Gasteiger partial charge < -0.3 is 10.1 Å². The van der Waals surface area contributed by atoms with E-state index in [1.165, 1.54) is 7.11 Å². The van der Waals surface area contributed by atoms with Crippen LogP contribution in [0.15, 0.2) is 48.7 Å². The molecular formula is C15H14N2O3. The summed E-state index contributed by atoms with van der Waals surface area (Å²) in [7, 11) is 1.50. The molecule has 102 valence electrons. The molecule has 5 nitrogen and oxygen atoms in total. The summed E-state index contributed by atoms with van der Waals surface area (Å²) in [5.41, 5.74) is 1.03. The number of pyridine rings is 1. The highest BCUT2D eigenvalue weighted by molar-refractivity contribution is 6.41. The van der Waals surface area contributed by atoms with Gasteiger partial charge >= 0.3 is 0 Å². The average molecular weight is 270 g/mol. The molecule has 0 unspecified atom stereocenters. The molecule has 0 bridgehead atoms. The van der Waals surface area contributed by atoms with E-state index in [4.69, 9.17) is 4.74 Å². The lowest BCUT2D eigenvalue weighted by Crippen LogP contribution is -2.25. The van der Waals surface area contributed by atoms with Crippen LogP contribution in [0.5, 0.6) is 5.75 Å². The van der Waals surface area contributed by atoms with Crippen LogP contribution in [0.1, 0.15) is 5.69 Å². The zero-order valence-corrected chi connectivity index (χ0v) is 11.0. The highest BCUT2D eigenvalue weighted by atomic mass is 16.5. The Morgan fingerprint density at radius 2 is 1.90 bits per heavy atom. The molecule has 0 fully saturated rings. The number of nitrogens with one attached hydrogen (secondary N) is 1. The van der Waals surface area contributed by atoms with Crippen molar-refractivity contribution in [1.29, 1.82) is 0 Å². The van der Waals surface area contributed by atoms with Gasteiger partial charge in [0.15, 0.2) is 0 Å². The van der Waals surface area contributed by atoms with Crippen molar-refractivity contribution in [3.63, 3.8) is 0 Å². The summed E-state index contributed by atoms with van der Waals surface area (Å²) < 4.78 is 5.11. The van der Waals surface area contributed by atoms with Crippen LogP contribution in [0.3, 0.4) is 0 Å². The van der Waals surface area contributed by atoms with Gasteiger partial charge in [0.2, 0.25) is 5.78 Å². The molecule has 0 radical (unpaired) electrons. The number of hydrogen-bond acceptors (Lipinski definition) is 4. The fraction of sp³-hybridized carbons (Fsp3) is 0.133. The molecule has 0 aliphatic heterocycles. The van der Waals surface area contributed by atoms with E-state index in [1.54, 1.807) is 48.7 Å². The summed E-state index contributed by atoms with van der Waals surface area (Å²) in [5.74, 6) is -0.721. The summed E-state index contributed by atoms with van der Waals surface area (Å²) in [6.45, 7) is 0. The van der Waals surface area contributed by atoms with Crippen molar-refractivity contribution in [3.05, 3.63) is 54.4 Å². The molecule has 20 heavy (non-hydrogen) atoms. The molecule has 0 aliphatic carbocycles. The van der Waals surface area contributed by atoms with E-state index < -0.39 is 11.7 Å². The van der Waals surface area contributed by atoms with Gasteiger partial charge in [0, 0.05) is 11.9 Å². The Morgan fingerprint density at radius 1 is 1.15 bits per heavy atom. The zero-order chi connectivity index (χ0) is 14.4. The van der Waals surface area contributed by atoms with Gasteiger partial charge in [-0.1, -0.05) is 18.2 Å². The molecule has 2 rings (SSSR count). The fourth-order valence-electron chi connectivity index (χ4n) is 1.69. The Morgan fingerprint density at radius 3 is 2.60 bits per heavy atom. The zero-order valence-electron chi connectivity index (χ0n) is 11.0. The van der Waals surface area contributed by atoms with Crippen molar-refractivity contribution in [2.75, 3.05) is 12.4 Å². The van der Waals surface area contributed by atoms with Gasteiger partial charge in [-0.15, -0.1) is 0 Å². The van der Waals surface area contributed by atoms with Crippen LogP contribution in [-0.4, -0.2) is 23.8 Å². The molecular weight excluding hydrogens is 256 g/mol. The summed E-state index contributed by atoms with van der Waals surface area (Å²) in [6.07, 6.45) is 1.56. The van der Waals surface area contributed by atoms with E-state index in [2.05, 4.69) is 10.3 Å². The Labute approximate surface area is 116 Å². The molecule has 1 aromatic heterocycles. The summed E-state index contributed by atoms with van der Waals surface area (Å²) >= 11 is 0. The molecule has 0 saturated carbocycles. The molecule has 0 aliphatic rings. The Balaban J connectivity index is 2.03. The van der Waals surface area contributed by atoms with Crippen molar-refractivity contribution in [2.24, 2.45) is 0 Å². The van der Waals surface area contributed by atoms with Gasteiger partial charge in [-0.05, 0) is 24.3 Å². The molecule has 1 heterocycles. The third-order valence-electron chi connectivity index (χ3n) is 2.68. The number of para-hydroxylation sites is 2. The van der Waals surface area contributed by atoms with Crippen LogP contribution in [0.4, 0.5) is 5.69 Å². The topological polar surface area (TPSA) is 68.3 Å². The first-order chi connectivity index (χ1) is 9.70. The van der Waals surface area contributed by atoms with Crippen LogP contribution in [0.25, 0.3) is 0 Å². The number of benzene rings is 1. The number of carbonyl (C=O) groups is 2. The monoisotopic (exact) mass is 270 g/mol. The Bertz CT molecular complexity index is 612. The number of anilines is 1. The first-order valence-corrected chi connectivity index (χ1v) is 6.08. The SMILES string of the molecule is COc1ccccc1NC(=O)C(=O)Cc1ccccn1. The summed E-state index contributed by atoms with van der Waals surface area (Å²) in [4.78, 5) is 27.7. The molecule has 1 aromatic carbocycles. The quantitative estimate of drug-likeness (QED) is 0.842. The Kier molecular flexibility index (Phi) is 4.44. The number of nitrogens with zero attached hydrogens (tertiary/aromatic N) is 1. The normalized spacial score (nSPS) is 9.85. The maximum absolute atomic E-state index is 11.8. The number of ether oxygens (including phenoxy) is 1. The number of rotatable bonds is 5. The third kappa shape index (κ3) is 3.41. The predicted molar refractivity (Wildman–Crippen MR) is 74.6 cm³/mol. The van der Waals surface area contributed by atoms with Crippen LogP contribution >= 0.6 is 0 Å². The third-order valence-corrected chi connectivity index (χ3v) is 2.68. The predicted octanol–water partition coefficient (Wildman–Crippen LogP) is 1.84.